The van der Waals surface area contributed by atoms with Gasteiger partial charge in [0.2, 0.25) is 0 Å². The number of aliphatic hydroxyl groups is 1. The highest BCUT2D eigenvalue weighted by atomic mass is 79.9. The Morgan fingerprint density at radius 3 is 2.45 bits per heavy atom. The highest BCUT2D eigenvalue weighted by Crippen LogP contribution is 2.24. The zero-order chi connectivity index (χ0) is 14.7. The molecule has 0 aliphatic carbocycles. The van der Waals surface area contributed by atoms with E-state index in [-0.39, 0.29) is 5.69 Å². The standard InChI is InChI=1S/C15H14BrNO3/c1-10-2-5-12(9-14(10)16)15(18)8-11-3-6-13(7-4-11)17(19)20/h2-7,9,15,18H,8H2,1H3. The van der Waals surface area contributed by atoms with Crippen LogP contribution in [-0.4, -0.2) is 10.0 Å². The molecule has 0 aliphatic rings. The maximum absolute atomic E-state index is 10.6. The fourth-order valence-electron chi connectivity index (χ4n) is 1.91. The Balaban J connectivity index is 2.12. The molecule has 1 N–H and O–H groups in total. The Hall–Kier alpha value is -1.72. The van der Waals surface area contributed by atoms with Crippen molar-refractivity contribution in [3.05, 3.63) is 73.7 Å². The van der Waals surface area contributed by atoms with Gasteiger partial charge in [-0.05, 0) is 29.7 Å². The zero-order valence-corrected chi connectivity index (χ0v) is 12.5. The molecule has 0 spiro atoms. The first-order chi connectivity index (χ1) is 9.47. The Morgan fingerprint density at radius 1 is 1.25 bits per heavy atom. The van der Waals surface area contributed by atoms with Gasteiger partial charge in [0.25, 0.3) is 5.69 Å². The van der Waals surface area contributed by atoms with Crippen molar-refractivity contribution in [3.8, 4) is 0 Å². The van der Waals surface area contributed by atoms with Crippen LogP contribution in [0.3, 0.4) is 0 Å². The minimum Gasteiger partial charge on any atom is -0.388 e. The predicted octanol–water partition coefficient (Wildman–Crippen LogP) is 3.94. The van der Waals surface area contributed by atoms with Crippen molar-refractivity contribution in [2.75, 3.05) is 0 Å². The van der Waals surface area contributed by atoms with Crippen LogP contribution in [0.15, 0.2) is 46.9 Å². The van der Waals surface area contributed by atoms with Gasteiger partial charge in [-0.3, -0.25) is 10.1 Å². The van der Waals surface area contributed by atoms with Crippen molar-refractivity contribution in [2.24, 2.45) is 0 Å². The summed E-state index contributed by atoms with van der Waals surface area (Å²) in [6.45, 7) is 1.98. The molecule has 0 heterocycles. The summed E-state index contributed by atoms with van der Waals surface area (Å²) in [5, 5.41) is 20.8. The number of benzene rings is 2. The van der Waals surface area contributed by atoms with Crippen molar-refractivity contribution < 1.29 is 10.0 Å². The summed E-state index contributed by atoms with van der Waals surface area (Å²) >= 11 is 3.44. The summed E-state index contributed by atoms with van der Waals surface area (Å²) in [7, 11) is 0. The molecule has 0 radical (unpaired) electrons. The molecule has 0 amide bonds. The zero-order valence-electron chi connectivity index (χ0n) is 10.9. The second-order valence-corrected chi connectivity index (χ2v) is 5.51. The smallest absolute Gasteiger partial charge is 0.269 e. The van der Waals surface area contributed by atoms with Crippen LogP contribution in [0.2, 0.25) is 0 Å². The van der Waals surface area contributed by atoms with E-state index in [1.54, 1.807) is 12.1 Å². The minimum atomic E-state index is -0.631. The van der Waals surface area contributed by atoms with E-state index in [1.807, 2.05) is 25.1 Å². The number of nitro benzene ring substituents is 1. The molecule has 1 atom stereocenters. The lowest BCUT2D eigenvalue weighted by Crippen LogP contribution is -2.02. The number of nitrogens with zero attached hydrogens (tertiary/aromatic N) is 1. The van der Waals surface area contributed by atoms with Gasteiger partial charge in [-0.25, -0.2) is 0 Å². The van der Waals surface area contributed by atoms with E-state index in [1.165, 1.54) is 12.1 Å². The van der Waals surface area contributed by atoms with Crippen LogP contribution in [-0.2, 0) is 6.42 Å². The van der Waals surface area contributed by atoms with Gasteiger partial charge in [0, 0.05) is 23.0 Å². The molecule has 0 aliphatic heterocycles. The number of nitro groups is 1. The number of aryl methyl sites for hydroxylation is 1. The first-order valence-corrected chi connectivity index (χ1v) is 6.94. The average molecular weight is 336 g/mol. The van der Waals surface area contributed by atoms with Gasteiger partial charge in [0.1, 0.15) is 0 Å². The molecule has 1 unspecified atom stereocenters. The van der Waals surface area contributed by atoms with Crippen molar-refractivity contribution in [1.29, 1.82) is 0 Å². The summed E-state index contributed by atoms with van der Waals surface area (Å²) < 4.78 is 0.956. The van der Waals surface area contributed by atoms with Gasteiger partial charge in [0.05, 0.1) is 11.0 Å². The first kappa shape index (κ1) is 14.7. The summed E-state index contributed by atoms with van der Waals surface area (Å²) in [5.74, 6) is 0. The average Bonchev–Trinajstić information content (AvgIpc) is 2.42. The van der Waals surface area contributed by atoms with Crippen LogP contribution in [0.1, 0.15) is 22.8 Å². The maximum atomic E-state index is 10.6. The maximum Gasteiger partial charge on any atom is 0.269 e. The molecule has 20 heavy (non-hydrogen) atoms. The fraction of sp³-hybridized carbons (Fsp3) is 0.200. The van der Waals surface area contributed by atoms with Gasteiger partial charge < -0.3 is 5.11 Å². The summed E-state index contributed by atoms with van der Waals surface area (Å²) in [6, 6.07) is 12.0. The van der Waals surface area contributed by atoms with E-state index in [4.69, 9.17) is 0 Å². The number of rotatable bonds is 4. The summed E-state index contributed by atoms with van der Waals surface area (Å²) in [5.41, 5.74) is 2.85. The monoisotopic (exact) mass is 335 g/mol. The molecule has 0 saturated heterocycles. The number of halogens is 1. The first-order valence-electron chi connectivity index (χ1n) is 6.15. The van der Waals surface area contributed by atoms with Crippen molar-refractivity contribution in [1.82, 2.24) is 0 Å². The van der Waals surface area contributed by atoms with Gasteiger partial charge in [-0.2, -0.15) is 0 Å². The highest BCUT2D eigenvalue weighted by molar-refractivity contribution is 9.10. The van der Waals surface area contributed by atoms with Crippen LogP contribution >= 0.6 is 15.9 Å². The lowest BCUT2D eigenvalue weighted by Gasteiger charge is -2.12. The molecule has 0 bridgehead atoms. The minimum absolute atomic E-state index is 0.0568. The summed E-state index contributed by atoms with van der Waals surface area (Å²) in [4.78, 5) is 10.1. The molecular formula is C15H14BrNO3. The third-order valence-electron chi connectivity index (χ3n) is 3.16. The Kier molecular flexibility index (Phi) is 4.52. The molecule has 2 aromatic rings. The molecule has 0 fully saturated rings. The Bertz CT molecular complexity index is 626. The number of non-ortho nitro benzene ring substituents is 1. The number of hydrogen-bond acceptors (Lipinski definition) is 3. The quantitative estimate of drug-likeness (QED) is 0.679. The molecule has 0 saturated carbocycles. The van der Waals surface area contributed by atoms with E-state index in [9.17, 15) is 15.2 Å². The topological polar surface area (TPSA) is 63.4 Å². The second-order valence-electron chi connectivity index (χ2n) is 4.65. The van der Waals surface area contributed by atoms with Crippen molar-refractivity contribution >= 4 is 21.6 Å². The van der Waals surface area contributed by atoms with Gasteiger partial charge in [-0.1, -0.05) is 40.2 Å². The van der Waals surface area contributed by atoms with Gasteiger partial charge >= 0.3 is 0 Å². The lowest BCUT2D eigenvalue weighted by atomic mass is 10.0. The van der Waals surface area contributed by atoms with Gasteiger partial charge in [0.15, 0.2) is 0 Å². The normalized spacial score (nSPS) is 12.2. The van der Waals surface area contributed by atoms with E-state index >= 15 is 0 Å². The third kappa shape index (κ3) is 3.43. The molecular weight excluding hydrogens is 322 g/mol. The van der Waals surface area contributed by atoms with E-state index < -0.39 is 11.0 Å². The highest BCUT2D eigenvalue weighted by Gasteiger charge is 2.11. The molecule has 2 aromatic carbocycles. The molecule has 0 aromatic heterocycles. The van der Waals surface area contributed by atoms with E-state index in [2.05, 4.69) is 15.9 Å². The van der Waals surface area contributed by atoms with Crippen LogP contribution in [0, 0.1) is 17.0 Å². The van der Waals surface area contributed by atoms with Crippen LogP contribution in [0.5, 0.6) is 0 Å². The second kappa shape index (κ2) is 6.15. The lowest BCUT2D eigenvalue weighted by molar-refractivity contribution is -0.384. The van der Waals surface area contributed by atoms with Crippen LogP contribution in [0.25, 0.3) is 0 Å². The number of hydrogen-bond donors (Lipinski definition) is 1. The number of aliphatic hydroxyl groups excluding tert-OH is 1. The molecule has 5 heteroatoms. The molecule has 4 nitrogen and oxygen atoms in total. The summed E-state index contributed by atoms with van der Waals surface area (Å²) in [6.07, 6.45) is -0.207. The predicted molar refractivity (Wildman–Crippen MR) is 80.6 cm³/mol. The molecule has 104 valence electrons. The SMILES string of the molecule is Cc1ccc(C(O)Cc2ccc([N+](=O)[O-])cc2)cc1Br. The Morgan fingerprint density at radius 2 is 1.90 bits per heavy atom. The van der Waals surface area contributed by atoms with Crippen molar-refractivity contribution in [3.63, 3.8) is 0 Å². The van der Waals surface area contributed by atoms with Crippen LogP contribution in [0.4, 0.5) is 5.69 Å². The Labute approximate surface area is 125 Å². The fourth-order valence-corrected chi connectivity index (χ4v) is 2.31. The molecule has 2 rings (SSSR count). The third-order valence-corrected chi connectivity index (χ3v) is 4.01. The van der Waals surface area contributed by atoms with Crippen molar-refractivity contribution in [2.45, 2.75) is 19.4 Å². The largest absolute Gasteiger partial charge is 0.388 e. The van der Waals surface area contributed by atoms with Gasteiger partial charge in [-0.15, -0.1) is 0 Å². The van der Waals surface area contributed by atoms with E-state index in [0.717, 1.165) is 21.2 Å². The van der Waals surface area contributed by atoms with Crippen LogP contribution < -0.4 is 0 Å². The van der Waals surface area contributed by atoms with E-state index in [0.29, 0.717) is 6.42 Å².